The van der Waals surface area contributed by atoms with Gasteiger partial charge in [-0.05, 0) is 23.8 Å². The highest BCUT2D eigenvalue weighted by molar-refractivity contribution is 7.14. The lowest BCUT2D eigenvalue weighted by Crippen LogP contribution is -2.13. The third-order valence-corrected chi connectivity index (χ3v) is 5.08. The number of halogens is 3. The maximum Gasteiger partial charge on any atom is 0.419 e. The highest BCUT2D eigenvalue weighted by Crippen LogP contribution is 2.39. The second-order valence-corrected chi connectivity index (χ2v) is 7.04. The summed E-state index contributed by atoms with van der Waals surface area (Å²) >= 11 is 1.04. The van der Waals surface area contributed by atoms with E-state index >= 15 is 0 Å². The van der Waals surface area contributed by atoms with E-state index in [2.05, 4.69) is 10.2 Å². The lowest BCUT2D eigenvalue weighted by Gasteiger charge is -2.15. The van der Waals surface area contributed by atoms with Gasteiger partial charge in [0.2, 0.25) is 0 Å². The van der Waals surface area contributed by atoms with Crippen LogP contribution in [0.15, 0.2) is 48.5 Å². The van der Waals surface area contributed by atoms with Crippen molar-refractivity contribution in [1.29, 1.82) is 0 Å². The maximum absolute atomic E-state index is 13.5. The number of alkyl halides is 3. The van der Waals surface area contributed by atoms with E-state index in [0.717, 1.165) is 23.0 Å². The van der Waals surface area contributed by atoms with Crippen LogP contribution in [-0.2, 0) is 12.6 Å². The highest BCUT2D eigenvalue weighted by atomic mass is 32.1. The molecule has 162 valence electrons. The van der Waals surface area contributed by atoms with Crippen LogP contribution in [0, 0.1) is 0 Å². The van der Waals surface area contributed by atoms with E-state index in [4.69, 9.17) is 15.6 Å². The van der Waals surface area contributed by atoms with Gasteiger partial charge in [0, 0.05) is 12.0 Å². The topological polar surface area (TPSA) is 81.3 Å². The molecule has 0 fully saturated rings. The normalized spacial score (nSPS) is 12.1. The average Bonchev–Trinajstić information content (AvgIpc) is 3.25. The number of nitrogens with two attached hydrogens (primary N) is 1. The van der Waals surface area contributed by atoms with Crippen molar-refractivity contribution in [2.45, 2.75) is 32.5 Å². The van der Waals surface area contributed by atoms with Crippen LogP contribution in [0.2, 0.25) is 0 Å². The third-order valence-electron chi connectivity index (χ3n) is 3.98. The summed E-state index contributed by atoms with van der Waals surface area (Å²) in [5.41, 5.74) is 6.04. The Hall–Kier alpha value is -2.49. The van der Waals surface area contributed by atoms with Crippen molar-refractivity contribution in [2.24, 2.45) is 5.73 Å². The minimum atomic E-state index is -4.58. The summed E-state index contributed by atoms with van der Waals surface area (Å²) in [6, 6.07) is 12.5. The summed E-state index contributed by atoms with van der Waals surface area (Å²) in [5, 5.41) is 17.4. The Morgan fingerprint density at radius 1 is 1.10 bits per heavy atom. The van der Waals surface area contributed by atoms with Crippen molar-refractivity contribution in [2.75, 3.05) is 13.2 Å². The van der Waals surface area contributed by atoms with Crippen LogP contribution in [0.4, 0.5) is 13.2 Å². The molecule has 1 unspecified atom stereocenters. The fourth-order valence-electron chi connectivity index (χ4n) is 2.51. The molecular weight excluding hydrogens is 415 g/mol. The molecule has 1 atom stereocenters. The van der Waals surface area contributed by atoms with E-state index in [1.807, 2.05) is 44.2 Å². The summed E-state index contributed by atoms with van der Waals surface area (Å²) in [6.07, 6.45) is -4.08. The van der Waals surface area contributed by atoms with Crippen molar-refractivity contribution < 1.29 is 23.0 Å². The van der Waals surface area contributed by atoms with Crippen molar-refractivity contribution in [1.82, 2.24) is 10.2 Å². The smallest absolute Gasteiger partial charge is 0.419 e. The van der Waals surface area contributed by atoms with E-state index in [1.54, 1.807) is 0 Å². The molecule has 0 aliphatic rings. The summed E-state index contributed by atoms with van der Waals surface area (Å²) in [6.45, 7) is 3.80. The second kappa shape index (κ2) is 11.1. The minimum Gasteiger partial charge on any atom is -0.493 e. The van der Waals surface area contributed by atoms with Gasteiger partial charge in [-0.15, -0.1) is 10.2 Å². The van der Waals surface area contributed by atoms with Crippen LogP contribution in [0.3, 0.4) is 0 Å². The van der Waals surface area contributed by atoms with Gasteiger partial charge in [0.25, 0.3) is 0 Å². The Bertz CT molecular complexity index is 917. The van der Waals surface area contributed by atoms with Crippen molar-refractivity contribution in [3.05, 3.63) is 64.7 Å². The van der Waals surface area contributed by atoms with Crippen LogP contribution in [-0.4, -0.2) is 28.5 Å². The van der Waals surface area contributed by atoms with Gasteiger partial charge in [0.15, 0.2) is 0 Å². The monoisotopic (exact) mass is 439 g/mol. The van der Waals surface area contributed by atoms with Crippen LogP contribution >= 0.6 is 11.3 Å². The van der Waals surface area contributed by atoms with E-state index in [9.17, 15) is 13.2 Å². The molecule has 0 aliphatic carbocycles. The van der Waals surface area contributed by atoms with E-state index in [0.29, 0.717) is 16.4 Å². The largest absolute Gasteiger partial charge is 0.493 e. The van der Waals surface area contributed by atoms with Gasteiger partial charge in [0.1, 0.15) is 15.8 Å². The number of aromatic nitrogens is 2. The van der Waals surface area contributed by atoms with E-state index in [1.165, 1.54) is 12.1 Å². The fraction of sp³-hybridized carbons (Fsp3) is 0.333. The van der Waals surface area contributed by atoms with Gasteiger partial charge in [-0.2, -0.15) is 13.2 Å². The van der Waals surface area contributed by atoms with Gasteiger partial charge < -0.3 is 15.6 Å². The van der Waals surface area contributed by atoms with Crippen molar-refractivity contribution in [3.63, 3.8) is 0 Å². The molecule has 3 N–H and O–H groups in total. The number of hydrogen-bond donors (Lipinski definition) is 2. The molecule has 30 heavy (non-hydrogen) atoms. The first-order chi connectivity index (χ1) is 14.4. The van der Waals surface area contributed by atoms with Gasteiger partial charge >= 0.3 is 6.18 Å². The predicted octanol–water partition coefficient (Wildman–Crippen LogP) is 4.86. The summed E-state index contributed by atoms with van der Waals surface area (Å²) in [4.78, 5) is 0. The highest BCUT2D eigenvalue weighted by Gasteiger charge is 2.35. The van der Waals surface area contributed by atoms with Gasteiger partial charge in [-0.3, -0.25) is 0 Å². The molecule has 0 radical (unpaired) electrons. The minimum absolute atomic E-state index is 0.126. The number of rotatable bonds is 7. The van der Waals surface area contributed by atoms with E-state index in [-0.39, 0.29) is 24.5 Å². The zero-order valence-corrected chi connectivity index (χ0v) is 17.5. The zero-order valence-electron chi connectivity index (χ0n) is 16.7. The number of nitrogens with zero attached hydrogens (tertiary/aromatic N) is 2. The Balaban J connectivity index is 0.00000155. The molecule has 1 aromatic heterocycles. The molecule has 0 aliphatic heterocycles. The van der Waals surface area contributed by atoms with Crippen LogP contribution in [0.25, 0.3) is 10.6 Å². The summed E-state index contributed by atoms with van der Waals surface area (Å²) in [5.74, 6) is -0.232. The number of aliphatic hydroxyl groups is 1. The first-order valence-corrected chi connectivity index (χ1v) is 10.3. The predicted molar refractivity (Wildman–Crippen MR) is 111 cm³/mol. The number of benzene rings is 2. The lowest BCUT2D eigenvalue weighted by atomic mass is 10.1. The number of aliphatic hydroxyl groups excluding tert-OH is 1. The molecule has 0 spiro atoms. The Morgan fingerprint density at radius 2 is 1.80 bits per heavy atom. The second-order valence-electron chi connectivity index (χ2n) is 6.03. The Morgan fingerprint density at radius 3 is 2.43 bits per heavy atom. The van der Waals surface area contributed by atoms with Crippen LogP contribution in [0.1, 0.15) is 36.0 Å². The molecule has 0 bridgehead atoms. The van der Waals surface area contributed by atoms with Gasteiger partial charge in [-0.25, -0.2) is 0 Å². The number of hydrogen-bond acceptors (Lipinski definition) is 6. The lowest BCUT2D eigenvalue weighted by molar-refractivity contribution is -0.138. The molecule has 0 saturated heterocycles. The quantitative estimate of drug-likeness (QED) is 0.549. The molecule has 3 aromatic rings. The average molecular weight is 440 g/mol. The van der Waals surface area contributed by atoms with Gasteiger partial charge in [0.05, 0.1) is 24.8 Å². The standard InChI is InChI=1S/C19H18F3N3O2S.C2H6/c20-19(21,22)14-10-13(17-24-25-18(28-17)15(23)11-26)6-7-16(14)27-9-8-12-4-2-1-3-5-12;1-2/h1-7,10,15,26H,8-9,11,23H2;1-2H3. The first kappa shape index (κ1) is 23.8. The molecular formula is C21H24F3N3O2S. The number of ether oxygens (including phenoxy) is 1. The summed E-state index contributed by atoms with van der Waals surface area (Å²) < 4.78 is 46.0. The fourth-order valence-corrected chi connectivity index (χ4v) is 3.35. The third kappa shape index (κ3) is 6.25. The zero-order chi connectivity index (χ0) is 22.1. The SMILES string of the molecule is CC.NC(CO)c1nnc(-c2ccc(OCCc3ccccc3)c(C(F)(F)F)c2)s1. The molecule has 5 nitrogen and oxygen atoms in total. The van der Waals surface area contributed by atoms with Crippen molar-refractivity contribution >= 4 is 11.3 Å². The first-order valence-electron chi connectivity index (χ1n) is 9.46. The maximum atomic E-state index is 13.5. The van der Waals surface area contributed by atoms with Gasteiger partial charge in [-0.1, -0.05) is 55.5 Å². The Kier molecular flexibility index (Phi) is 8.76. The molecule has 0 saturated carbocycles. The molecule has 9 heteroatoms. The van der Waals surface area contributed by atoms with E-state index < -0.39 is 17.8 Å². The molecule has 0 amide bonds. The van der Waals surface area contributed by atoms with Crippen molar-refractivity contribution in [3.8, 4) is 16.3 Å². The molecule has 1 heterocycles. The summed E-state index contributed by atoms with van der Waals surface area (Å²) in [7, 11) is 0. The van der Waals surface area contributed by atoms with Crippen LogP contribution in [0.5, 0.6) is 5.75 Å². The molecule has 2 aromatic carbocycles. The van der Waals surface area contributed by atoms with Crippen LogP contribution < -0.4 is 10.5 Å². The Labute approximate surface area is 177 Å². The molecule has 3 rings (SSSR count).